The second kappa shape index (κ2) is 3.81. The van der Waals surface area contributed by atoms with Gasteiger partial charge in [0.05, 0.1) is 15.4 Å². The number of nitro groups is 2. The van der Waals surface area contributed by atoms with Crippen LogP contribution in [0.5, 0.6) is 0 Å². The van der Waals surface area contributed by atoms with Gasteiger partial charge in [-0.05, 0) is 0 Å². The van der Waals surface area contributed by atoms with Crippen LogP contribution in [0.4, 0.5) is 17.1 Å². The highest BCUT2D eigenvalue weighted by molar-refractivity contribution is 5.92. The van der Waals surface area contributed by atoms with Crippen molar-refractivity contribution < 1.29 is 19.7 Å². The summed E-state index contributed by atoms with van der Waals surface area (Å²) >= 11 is 0. The van der Waals surface area contributed by atoms with Crippen LogP contribution in [0, 0.1) is 20.2 Å². The van der Waals surface area contributed by atoms with Crippen molar-refractivity contribution in [1.82, 2.24) is 0 Å². The van der Waals surface area contributed by atoms with E-state index in [4.69, 9.17) is 10.8 Å². The molecule has 1 aromatic carbocycles. The number of carboxylic acids is 1. The summed E-state index contributed by atoms with van der Waals surface area (Å²) in [6.45, 7) is 0. The van der Waals surface area contributed by atoms with Gasteiger partial charge in [-0.15, -0.1) is 0 Å². The van der Waals surface area contributed by atoms with Crippen LogP contribution in [-0.4, -0.2) is 20.9 Å². The lowest BCUT2D eigenvalue weighted by molar-refractivity contribution is -0.392. The first-order valence-electron chi connectivity index (χ1n) is 3.80. The minimum atomic E-state index is -1.51. The van der Waals surface area contributed by atoms with Gasteiger partial charge in [0.2, 0.25) is 0 Å². The number of nitrogens with zero attached hydrogens (tertiary/aromatic N) is 2. The highest BCUT2D eigenvalue weighted by Gasteiger charge is 2.26. The first kappa shape index (κ1) is 11.4. The fraction of sp³-hybridized carbons (Fsp3) is 0. The number of anilines is 1. The molecule has 9 heteroatoms. The Hall–Kier alpha value is -2.71. The van der Waals surface area contributed by atoms with Gasteiger partial charge in [0.25, 0.3) is 11.4 Å². The van der Waals surface area contributed by atoms with E-state index in [1.165, 1.54) is 0 Å². The quantitative estimate of drug-likeness (QED) is 0.439. The van der Waals surface area contributed by atoms with Crippen molar-refractivity contribution >= 4 is 23.0 Å². The number of nitrogens with two attached hydrogens (primary N) is 1. The molecule has 3 N–H and O–H groups in total. The Balaban J connectivity index is 3.57. The van der Waals surface area contributed by atoms with E-state index in [0.717, 1.165) is 0 Å². The summed E-state index contributed by atoms with van der Waals surface area (Å²) in [6.07, 6.45) is 0. The Morgan fingerprint density at radius 2 is 1.56 bits per heavy atom. The number of benzene rings is 1. The Morgan fingerprint density at radius 1 is 1.19 bits per heavy atom. The summed E-state index contributed by atoms with van der Waals surface area (Å²) in [6, 6.07) is 1.34. The summed E-state index contributed by atoms with van der Waals surface area (Å²) in [5.41, 5.74) is 2.35. The van der Waals surface area contributed by atoms with E-state index >= 15 is 0 Å². The fourth-order valence-electron chi connectivity index (χ4n) is 1.05. The van der Waals surface area contributed by atoms with Crippen LogP contribution in [0.3, 0.4) is 0 Å². The van der Waals surface area contributed by atoms with E-state index in [1.54, 1.807) is 0 Å². The Kier molecular flexibility index (Phi) is 2.70. The van der Waals surface area contributed by atoms with Crippen molar-refractivity contribution in [2.24, 2.45) is 0 Å². The smallest absolute Gasteiger partial charge is 0.336 e. The Morgan fingerprint density at radius 3 is 1.81 bits per heavy atom. The van der Waals surface area contributed by atoms with Crippen LogP contribution >= 0.6 is 0 Å². The highest BCUT2D eigenvalue weighted by Crippen LogP contribution is 2.32. The molecule has 0 radical (unpaired) electrons. The van der Waals surface area contributed by atoms with Gasteiger partial charge in [0.15, 0.2) is 5.69 Å². The molecule has 0 fully saturated rings. The van der Waals surface area contributed by atoms with Crippen molar-refractivity contribution in [2.45, 2.75) is 0 Å². The summed E-state index contributed by atoms with van der Waals surface area (Å²) in [4.78, 5) is 29.6. The molecule has 84 valence electrons. The van der Waals surface area contributed by atoms with E-state index < -0.39 is 38.4 Å². The lowest BCUT2D eigenvalue weighted by atomic mass is 10.1. The minimum absolute atomic E-state index is 0.562. The fourth-order valence-corrected chi connectivity index (χ4v) is 1.05. The molecule has 16 heavy (non-hydrogen) atoms. The number of carbonyl (C=O) groups is 1. The number of rotatable bonds is 3. The maximum atomic E-state index is 10.6. The second-order valence-electron chi connectivity index (χ2n) is 2.75. The Labute approximate surface area is 87.4 Å². The normalized spacial score (nSPS) is 9.75. The predicted octanol–water partition coefficient (Wildman–Crippen LogP) is 0.783. The largest absolute Gasteiger partial charge is 0.478 e. The standard InChI is InChI=1S/C7H5N3O6/c8-6-4(9(13)14)1-3(7(11)12)2-5(6)10(15)16/h1-2H,8H2,(H,11,12). The van der Waals surface area contributed by atoms with Crippen LogP contribution in [0.15, 0.2) is 12.1 Å². The van der Waals surface area contributed by atoms with Gasteiger partial charge in [0, 0.05) is 12.1 Å². The molecule has 0 bridgehead atoms. The zero-order valence-corrected chi connectivity index (χ0v) is 7.61. The molecule has 0 saturated heterocycles. The van der Waals surface area contributed by atoms with Crippen LogP contribution < -0.4 is 5.73 Å². The molecule has 0 amide bonds. The summed E-state index contributed by atoms with van der Waals surface area (Å²) in [5.74, 6) is -1.51. The molecule has 0 spiro atoms. The van der Waals surface area contributed by atoms with Crippen molar-refractivity contribution in [2.75, 3.05) is 5.73 Å². The Bertz CT molecular complexity index is 462. The lowest BCUT2D eigenvalue weighted by Gasteiger charge is -2.00. The maximum absolute atomic E-state index is 10.6. The summed E-state index contributed by atoms with van der Waals surface area (Å²) in [7, 11) is 0. The van der Waals surface area contributed by atoms with Crippen molar-refractivity contribution in [3.63, 3.8) is 0 Å². The molecule has 0 aliphatic carbocycles. The summed E-state index contributed by atoms with van der Waals surface area (Å²) < 4.78 is 0. The average molecular weight is 227 g/mol. The van der Waals surface area contributed by atoms with Crippen molar-refractivity contribution in [3.05, 3.63) is 37.9 Å². The van der Waals surface area contributed by atoms with E-state index in [9.17, 15) is 25.0 Å². The third kappa shape index (κ3) is 1.87. The SMILES string of the molecule is Nc1c([N+](=O)[O-])cc(C(=O)O)cc1[N+](=O)[O-]. The van der Waals surface area contributed by atoms with Gasteiger partial charge in [-0.3, -0.25) is 20.2 Å². The van der Waals surface area contributed by atoms with Gasteiger partial charge in [-0.1, -0.05) is 0 Å². The number of hydrogen-bond donors (Lipinski definition) is 2. The van der Waals surface area contributed by atoms with E-state index in [-0.39, 0.29) is 0 Å². The van der Waals surface area contributed by atoms with Crippen LogP contribution in [0.25, 0.3) is 0 Å². The molecule has 0 atom stereocenters. The zero-order valence-electron chi connectivity index (χ0n) is 7.61. The zero-order chi connectivity index (χ0) is 12.5. The number of nitro benzene ring substituents is 2. The van der Waals surface area contributed by atoms with E-state index in [0.29, 0.717) is 12.1 Å². The second-order valence-corrected chi connectivity index (χ2v) is 2.75. The highest BCUT2D eigenvalue weighted by atomic mass is 16.6. The number of carboxylic acid groups (broad SMARTS) is 1. The molecule has 0 aromatic heterocycles. The molecule has 0 heterocycles. The van der Waals surface area contributed by atoms with Crippen LogP contribution in [-0.2, 0) is 0 Å². The first-order chi connectivity index (χ1) is 7.34. The molecule has 9 nitrogen and oxygen atoms in total. The van der Waals surface area contributed by atoms with Crippen molar-refractivity contribution in [1.29, 1.82) is 0 Å². The van der Waals surface area contributed by atoms with E-state index in [1.807, 2.05) is 0 Å². The molecular weight excluding hydrogens is 222 g/mol. The average Bonchev–Trinajstić information content (AvgIpc) is 2.16. The first-order valence-corrected chi connectivity index (χ1v) is 3.80. The number of nitrogen functional groups attached to an aromatic ring is 1. The molecule has 1 rings (SSSR count). The third-order valence-electron chi connectivity index (χ3n) is 1.78. The predicted molar refractivity (Wildman–Crippen MR) is 51.1 cm³/mol. The van der Waals surface area contributed by atoms with Gasteiger partial charge in [0.1, 0.15) is 0 Å². The van der Waals surface area contributed by atoms with Gasteiger partial charge < -0.3 is 10.8 Å². The molecule has 1 aromatic rings. The topological polar surface area (TPSA) is 150 Å². The molecule has 0 aliphatic rings. The van der Waals surface area contributed by atoms with Gasteiger partial charge >= 0.3 is 5.97 Å². The van der Waals surface area contributed by atoms with Gasteiger partial charge in [-0.25, -0.2) is 4.79 Å². The maximum Gasteiger partial charge on any atom is 0.336 e. The monoisotopic (exact) mass is 227 g/mol. The van der Waals surface area contributed by atoms with Gasteiger partial charge in [-0.2, -0.15) is 0 Å². The number of hydrogen-bond acceptors (Lipinski definition) is 6. The van der Waals surface area contributed by atoms with Crippen molar-refractivity contribution in [3.8, 4) is 0 Å². The lowest BCUT2D eigenvalue weighted by Crippen LogP contribution is -2.05. The van der Waals surface area contributed by atoms with Crippen LogP contribution in [0.2, 0.25) is 0 Å². The summed E-state index contributed by atoms with van der Waals surface area (Å²) in [5, 5.41) is 29.6. The third-order valence-corrected chi connectivity index (χ3v) is 1.78. The minimum Gasteiger partial charge on any atom is -0.478 e. The molecule has 0 aliphatic heterocycles. The molecular formula is C7H5N3O6. The van der Waals surface area contributed by atoms with E-state index in [2.05, 4.69) is 0 Å². The van der Waals surface area contributed by atoms with Crippen LogP contribution in [0.1, 0.15) is 10.4 Å². The molecule has 0 unspecified atom stereocenters. The molecule has 0 saturated carbocycles. The number of aromatic carboxylic acids is 1.